The van der Waals surface area contributed by atoms with E-state index in [1.54, 1.807) is 11.9 Å². The van der Waals surface area contributed by atoms with Crippen LogP contribution in [0.15, 0.2) is 12.1 Å². The summed E-state index contributed by atoms with van der Waals surface area (Å²) in [6, 6.07) is 2.81. The zero-order chi connectivity index (χ0) is 10.3. The van der Waals surface area contributed by atoms with Crippen LogP contribution in [0.3, 0.4) is 0 Å². The molecule has 4 heteroatoms. The summed E-state index contributed by atoms with van der Waals surface area (Å²) >= 11 is 0. The first-order valence-corrected chi connectivity index (χ1v) is 4.25. The van der Waals surface area contributed by atoms with Crippen molar-refractivity contribution in [2.24, 2.45) is 0 Å². The molecule has 1 aromatic rings. The highest BCUT2D eigenvalue weighted by Crippen LogP contribution is 2.28. The highest BCUT2D eigenvalue weighted by Gasteiger charge is 2.26. The van der Waals surface area contributed by atoms with Gasteiger partial charge in [0.25, 0.3) is 5.91 Å². The first-order chi connectivity index (χ1) is 6.63. The average molecular weight is 195 g/mol. The Kier molecular flexibility index (Phi) is 1.91. The predicted octanol–water partition coefficient (Wildman–Crippen LogP) is 1.42. The molecule has 3 nitrogen and oxygen atoms in total. The molecule has 2 rings (SSSR count). The first kappa shape index (κ1) is 8.99. The van der Waals surface area contributed by atoms with Crippen LogP contribution in [0.25, 0.3) is 0 Å². The van der Waals surface area contributed by atoms with Crippen LogP contribution in [-0.2, 0) is 6.54 Å². The smallest absolute Gasteiger partial charge is 0.254 e. The standard InChI is InChI=1S/C10H10FNO2/c1-12-5-6-3-8(11)9(14-2)4-7(6)10(12)13/h3-4H,5H2,1-2H3. The lowest BCUT2D eigenvalue weighted by atomic mass is 10.1. The number of fused-ring (bicyclic) bond motifs is 1. The SMILES string of the molecule is COc1cc2c(cc1F)CN(C)C2=O. The van der Waals surface area contributed by atoms with E-state index in [4.69, 9.17) is 4.74 Å². The maximum Gasteiger partial charge on any atom is 0.254 e. The monoisotopic (exact) mass is 195 g/mol. The number of carbonyl (C=O) groups excluding carboxylic acids is 1. The van der Waals surface area contributed by atoms with Gasteiger partial charge in [0.15, 0.2) is 11.6 Å². The van der Waals surface area contributed by atoms with Crippen LogP contribution in [0, 0.1) is 5.82 Å². The minimum absolute atomic E-state index is 0.0849. The highest BCUT2D eigenvalue weighted by molar-refractivity contribution is 5.98. The molecule has 0 atom stereocenters. The number of hydrogen-bond donors (Lipinski definition) is 0. The largest absolute Gasteiger partial charge is 0.494 e. The molecule has 0 N–H and O–H groups in total. The van der Waals surface area contributed by atoms with E-state index in [1.807, 2.05) is 0 Å². The molecule has 0 saturated heterocycles. The summed E-state index contributed by atoms with van der Waals surface area (Å²) in [7, 11) is 3.07. The molecule has 1 amide bonds. The molecule has 0 spiro atoms. The second-order valence-corrected chi connectivity index (χ2v) is 3.31. The van der Waals surface area contributed by atoms with Gasteiger partial charge in [0.05, 0.1) is 7.11 Å². The second kappa shape index (κ2) is 2.97. The molecule has 1 aliphatic rings. The van der Waals surface area contributed by atoms with Crippen molar-refractivity contribution in [3.05, 3.63) is 29.1 Å². The summed E-state index contributed by atoms with van der Waals surface area (Å²) in [6.45, 7) is 0.467. The van der Waals surface area contributed by atoms with Gasteiger partial charge in [-0.05, 0) is 17.7 Å². The van der Waals surface area contributed by atoms with E-state index in [0.717, 1.165) is 5.56 Å². The number of hydrogen-bond acceptors (Lipinski definition) is 2. The number of ether oxygens (including phenoxy) is 1. The van der Waals surface area contributed by atoms with Crippen LogP contribution in [0.2, 0.25) is 0 Å². The molecule has 14 heavy (non-hydrogen) atoms. The van der Waals surface area contributed by atoms with Crippen LogP contribution >= 0.6 is 0 Å². The van der Waals surface area contributed by atoms with Crippen molar-refractivity contribution in [2.75, 3.05) is 14.2 Å². The Labute approximate surface area is 81.1 Å². The maximum absolute atomic E-state index is 13.2. The zero-order valence-electron chi connectivity index (χ0n) is 8.00. The van der Waals surface area contributed by atoms with Gasteiger partial charge >= 0.3 is 0 Å². The lowest BCUT2D eigenvalue weighted by Gasteiger charge is -2.04. The van der Waals surface area contributed by atoms with Gasteiger partial charge < -0.3 is 9.64 Å². The van der Waals surface area contributed by atoms with Crippen LogP contribution in [0.4, 0.5) is 4.39 Å². The Morgan fingerprint density at radius 1 is 1.50 bits per heavy atom. The van der Waals surface area contributed by atoms with Crippen LogP contribution in [-0.4, -0.2) is 25.0 Å². The third-order valence-electron chi connectivity index (χ3n) is 2.36. The Morgan fingerprint density at radius 3 is 2.86 bits per heavy atom. The Bertz CT molecular complexity index is 403. The van der Waals surface area contributed by atoms with Gasteiger partial charge in [-0.1, -0.05) is 0 Å². The first-order valence-electron chi connectivity index (χ1n) is 4.25. The van der Waals surface area contributed by atoms with Gasteiger partial charge in [-0.15, -0.1) is 0 Å². The van der Waals surface area contributed by atoms with Crippen molar-refractivity contribution in [2.45, 2.75) is 6.54 Å². The molecular weight excluding hydrogens is 185 g/mol. The molecule has 0 saturated carbocycles. The fourth-order valence-corrected chi connectivity index (χ4v) is 1.61. The van der Waals surface area contributed by atoms with Crippen molar-refractivity contribution < 1.29 is 13.9 Å². The number of halogens is 1. The number of nitrogens with zero attached hydrogens (tertiary/aromatic N) is 1. The molecule has 0 radical (unpaired) electrons. The lowest BCUT2D eigenvalue weighted by molar-refractivity contribution is 0.0816. The summed E-state index contributed by atoms with van der Waals surface area (Å²) in [4.78, 5) is 13.1. The van der Waals surface area contributed by atoms with E-state index in [0.29, 0.717) is 12.1 Å². The molecule has 74 valence electrons. The van der Waals surface area contributed by atoms with Gasteiger partial charge in [-0.25, -0.2) is 4.39 Å². The quantitative estimate of drug-likeness (QED) is 0.678. The normalized spacial score (nSPS) is 14.5. The van der Waals surface area contributed by atoms with Gasteiger partial charge in [0, 0.05) is 19.2 Å². The van der Waals surface area contributed by atoms with Crippen molar-refractivity contribution in [1.82, 2.24) is 4.90 Å². The number of amides is 1. The Balaban J connectivity index is 2.55. The molecule has 1 aromatic carbocycles. The molecule has 0 aromatic heterocycles. The van der Waals surface area contributed by atoms with Crippen molar-refractivity contribution in [3.63, 3.8) is 0 Å². The third-order valence-corrected chi connectivity index (χ3v) is 2.36. The molecular formula is C10H10FNO2. The second-order valence-electron chi connectivity index (χ2n) is 3.31. The van der Waals surface area contributed by atoms with Gasteiger partial charge in [0.1, 0.15) is 0 Å². The number of carbonyl (C=O) groups is 1. The summed E-state index contributed by atoms with van der Waals surface area (Å²) < 4.78 is 18.1. The summed E-state index contributed by atoms with van der Waals surface area (Å²) in [5.74, 6) is -0.389. The molecule has 1 aliphatic heterocycles. The topological polar surface area (TPSA) is 29.5 Å². The fraction of sp³-hybridized carbons (Fsp3) is 0.300. The van der Waals surface area contributed by atoms with Crippen molar-refractivity contribution in [1.29, 1.82) is 0 Å². The summed E-state index contributed by atoms with van der Waals surface area (Å²) in [6.07, 6.45) is 0. The third kappa shape index (κ3) is 1.14. The zero-order valence-corrected chi connectivity index (χ0v) is 8.00. The van der Waals surface area contributed by atoms with Gasteiger partial charge in [0.2, 0.25) is 0 Å². The highest BCUT2D eigenvalue weighted by atomic mass is 19.1. The van der Waals surface area contributed by atoms with E-state index in [9.17, 15) is 9.18 Å². The Hall–Kier alpha value is -1.58. The van der Waals surface area contributed by atoms with E-state index in [1.165, 1.54) is 19.2 Å². The van der Waals surface area contributed by atoms with E-state index in [-0.39, 0.29) is 11.7 Å². The van der Waals surface area contributed by atoms with E-state index >= 15 is 0 Å². The Morgan fingerprint density at radius 2 is 2.21 bits per heavy atom. The molecule has 0 fully saturated rings. The molecule has 0 bridgehead atoms. The predicted molar refractivity (Wildman–Crippen MR) is 48.7 cm³/mol. The average Bonchev–Trinajstić information content (AvgIpc) is 2.41. The fourth-order valence-electron chi connectivity index (χ4n) is 1.61. The van der Waals surface area contributed by atoms with Crippen LogP contribution in [0.1, 0.15) is 15.9 Å². The van der Waals surface area contributed by atoms with Crippen LogP contribution in [0.5, 0.6) is 5.75 Å². The number of methoxy groups -OCH3 is 1. The minimum atomic E-state index is -0.422. The van der Waals surface area contributed by atoms with Crippen molar-refractivity contribution in [3.8, 4) is 5.75 Å². The van der Waals surface area contributed by atoms with Gasteiger partial charge in [-0.3, -0.25) is 4.79 Å². The van der Waals surface area contributed by atoms with E-state index < -0.39 is 5.82 Å². The minimum Gasteiger partial charge on any atom is -0.494 e. The maximum atomic E-state index is 13.2. The molecule has 0 aliphatic carbocycles. The summed E-state index contributed by atoms with van der Waals surface area (Å²) in [5.41, 5.74) is 1.25. The molecule has 1 heterocycles. The molecule has 0 unspecified atom stereocenters. The van der Waals surface area contributed by atoms with E-state index in [2.05, 4.69) is 0 Å². The number of benzene rings is 1. The van der Waals surface area contributed by atoms with Crippen molar-refractivity contribution >= 4 is 5.91 Å². The summed E-state index contributed by atoms with van der Waals surface area (Å²) in [5, 5.41) is 0. The van der Waals surface area contributed by atoms with Crippen LogP contribution < -0.4 is 4.74 Å². The van der Waals surface area contributed by atoms with Gasteiger partial charge in [-0.2, -0.15) is 0 Å². The number of rotatable bonds is 1. The lowest BCUT2D eigenvalue weighted by Crippen LogP contribution is -2.17.